The smallest absolute Gasteiger partial charge is 0.274 e. The summed E-state index contributed by atoms with van der Waals surface area (Å²) >= 11 is 0. The highest BCUT2D eigenvalue weighted by atomic mass is 16.5. The predicted molar refractivity (Wildman–Crippen MR) is 106 cm³/mol. The fourth-order valence-electron chi connectivity index (χ4n) is 3.34. The summed E-state index contributed by atoms with van der Waals surface area (Å²) < 4.78 is 5.54. The second-order valence-corrected chi connectivity index (χ2v) is 7.24. The number of nitrogens with one attached hydrogen (secondary N) is 2. The van der Waals surface area contributed by atoms with Gasteiger partial charge in [0.25, 0.3) is 5.91 Å². The minimum Gasteiger partial charge on any atom is -0.493 e. The molecule has 0 saturated heterocycles. The minimum atomic E-state index is -0.268. The minimum absolute atomic E-state index is 0.268. The number of amides is 1. The zero-order chi connectivity index (χ0) is 19.6. The van der Waals surface area contributed by atoms with Gasteiger partial charge in [-0.25, -0.2) is 19.9 Å². The Bertz CT molecular complexity index is 1050. The van der Waals surface area contributed by atoms with E-state index in [2.05, 4.69) is 36.6 Å². The van der Waals surface area contributed by atoms with Crippen molar-refractivity contribution in [1.29, 1.82) is 0 Å². The Morgan fingerprint density at radius 2 is 2.03 bits per heavy atom. The van der Waals surface area contributed by atoms with Gasteiger partial charge in [0.05, 0.1) is 36.6 Å². The Morgan fingerprint density at radius 3 is 2.86 bits per heavy atom. The second kappa shape index (κ2) is 7.46. The van der Waals surface area contributed by atoms with Gasteiger partial charge < -0.3 is 15.4 Å². The summed E-state index contributed by atoms with van der Waals surface area (Å²) in [5.74, 6) is 1.46. The lowest BCUT2D eigenvalue weighted by molar-refractivity contribution is 0.0946. The Balaban J connectivity index is 1.36. The summed E-state index contributed by atoms with van der Waals surface area (Å²) in [6.07, 6.45) is 9.51. The lowest BCUT2D eigenvalue weighted by Crippen LogP contribution is -2.25. The summed E-state index contributed by atoms with van der Waals surface area (Å²) in [5, 5.41) is 6.06. The van der Waals surface area contributed by atoms with E-state index in [1.807, 2.05) is 12.1 Å². The molecule has 1 saturated carbocycles. The molecule has 8 nitrogen and oxygen atoms in total. The average Bonchev–Trinajstić information content (AvgIpc) is 3.50. The molecule has 0 bridgehead atoms. The van der Waals surface area contributed by atoms with Crippen molar-refractivity contribution in [2.75, 3.05) is 11.9 Å². The van der Waals surface area contributed by atoms with Crippen LogP contribution in [0.4, 0.5) is 11.5 Å². The third-order valence-electron chi connectivity index (χ3n) is 5.03. The molecule has 146 valence electrons. The predicted octanol–water partition coefficient (Wildman–Crippen LogP) is 2.75. The molecule has 2 N–H and O–H groups in total. The van der Waals surface area contributed by atoms with Gasteiger partial charge in [-0.3, -0.25) is 4.79 Å². The first-order chi connectivity index (χ1) is 14.3. The first kappa shape index (κ1) is 17.5. The first-order valence-electron chi connectivity index (χ1n) is 9.68. The molecule has 3 aromatic rings. The van der Waals surface area contributed by atoms with E-state index in [1.165, 1.54) is 11.9 Å². The zero-order valence-electron chi connectivity index (χ0n) is 15.8. The molecule has 1 aromatic carbocycles. The number of hydrogen-bond acceptors (Lipinski definition) is 7. The van der Waals surface area contributed by atoms with Gasteiger partial charge >= 0.3 is 0 Å². The summed E-state index contributed by atoms with van der Waals surface area (Å²) in [6, 6.07) is 6.01. The Morgan fingerprint density at radius 1 is 1.17 bits per heavy atom. The van der Waals surface area contributed by atoms with E-state index in [9.17, 15) is 4.79 Å². The highest BCUT2D eigenvalue weighted by Gasteiger charge is 2.27. The van der Waals surface area contributed by atoms with Crippen LogP contribution in [-0.4, -0.2) is 32.4 Å². The van der Waals surface area contributed by atoms with E-state index in [-0.39, 0.29) is 11.6 Å². The standard InChI is InChI=1S/C21H20N6O2/c28-21(25-8-13-1-4-18-15(7-13)5-6-29-18)19-20(26-16-9-22-12-23-10-16)24-11-17(27-19)14-2-3-14/h1,4,7,9-12,14H,2-3,5-6,8H2,(H,24,26)(H,25,28). The lowest BCUT2D eigenvalue weighted by Gasteiger charge is -2.12. The number of carbonyl (C=O) groups is 1. The van der Waals surface area contributed by atoms with Gasteiger partial charge in [-0.2, -0.15) is 0 Å². The van der Waals surface area contributed by atoms with Crippen LogP contribution in [0.2, 0.25) is 0 Å². The second-order valence-electron chi connectivity index (χ2n) is 7.24. The summed E-state index contributed by atoms with van der Waals surface area (Å²) in [4.78, 5) is 30.0. The highest BCUT2D eigenvalue weighted by molar-refractivity contribution is 5.97. The van der Waals surface area contributed by atoms with Crippen molar-refractivity contribution < 1.29 is 9.53 Å². The molecule has 1 amide bonds. The molecule has 2 aliphatic rings. The van der Waals surface area contributed by atoms with Crippen LogP contribution in [0.3, 0.4) is 0 Å². The molecule has 1 fully saturated rings. The number of fused-ring (bicyclic) bond motifs is 1. The van der Waals surface area contributed by atoms with Crippen molar-refractivity contribution in [3.8, 4) is 5.75 Å². The van der Waals surface area contributed by atoms with Gasteiger partial charge in [0, 0.05) is 18.9 Å². The molecule has 0 unspecified atom stereocenters. The maximum atomic E-state index is 12.9. The third-order valence-corrected chi connectivity index (χ3v) is 5.03. The quantitative estimate of drug-likeness (QED) is 0.669. The van der Waals surface area contributed by atoms with E-state index in [1.54, 1.807) is 18.6 Å². The molecule has 29 heavy (non-hydrogen) atoms. The van der Waals surface area contributed by atoms with Crippen LogP contribution in [0.5, 0.6) is 5.75 Å². The highest BCUT2D eigenvalue weighted by Crippen LogP contribution is 2.39. The first-order valence-corrected chi connectivity index (χ1v) is 9.68. The third kappa shape index (κ3) is 3.87. The number of carbonyl (C=O) groups excluding carboxylic acids is 1. The number of nitrogens with zero attached hydrogens (tertiary/aromatic N) is 4. The molecule has 2 aromatic heterocycles. The number of anilines is 2. The molecule has 0 spiro atoms. The number of hydrogen-bond donors (Lipinski definition) is 2. The fraction of sp³-hybridized carbons (Fsp3) is 0.286. The molecule has 0 atom stereocenters. The van der Waals surface area contributed by atoms with E-state index in [0.717, 1.165) is 36.3 Å². The molecule has 1 aliphatic heterocycles. The summed E-state index contributed by atoms with van der Waals surface area (Å²) in [7, 11) is 0. The normalized spacial score (nSPS) is 14.8. The molecule has 0 radical (unpaired) electrons. The zero-order valence-corrected chi connectivity index (χ0v) is 15.8. The van der Waals surface area contributed by atoms with Crippen LogP contribution < -0.4 is 15.4 Å². The van der Waals surface area contributed by atoms with Gasteiger partial charge in [-0.15, -0.1) is 0 Å². The van der Waals surface area contributed by atoms with Crippen molar-refractivity contribution in [1.82, 2.24) is 25.3 Å². The summed E-state index contributed by atoms with van der Waals surface area (Å²) in [6.45, 7) is 1.13. The van der Waals surface area contributed by atoms with Crippen LogP contribution >= 0.6 is 0 Å². The van der Waals surface area contributed by atoms with Crippen molar-refractivity contribution in [3.63, 3.8) is 0 Å². The van der Waals surface area contributed by atoms with E-state index in [0.29, 0.717) is 30.6 Å². The molecule has 8 heteroatoms. The Hall–Kier alpha value is -3.55. The van der Waals surface area contributed by atoms with Gasteiger partial charge in [-0.1, -0.05) is 12.1 Å². The Labute approximate surface area is 167 Å². The van der Waals surface area contributed by atoms with Crippen LogP contribution in [-0.2, 0) is 13.0 Å². The van der Waals surface area contributed by atoms with Crippen LogP contribution in [0.25, 0.3) is 0 Å². The Kier molecular flexibility index (Phi) is 4.51. The van der Waals surface area contributed by atoms with E-state index in [4.69, 9.17) is 4.74 Å². The molecule has 3 heterocycles. The number of rotatable bonds is 6. The number of ether oxygens (including phenoxy) is 1. The number of benzene rings is 1. The molecule has 5 rings (SSSR count). The maximum Gasteiger partial charge on any atom is 0.274 e. The SMILES string of the molecule is O=C(NCc1ccc2c(c1)CCO2)c1nc(C2CC2)cnc1Nc1cncnc1. The van der Waals surface area contributed by atoms with Crippen LogP contribution in [0, 0.1) is 0 Å². The van der Waals surface area contributed by atoms with Gasteiger partial charge in [0.2, 0.25) is 0 Å². The maximum absolute atomic E-state index is 12.9. The van der Waals surface area contributed by atoms with E-state index < -0.39 is 0 Å². The molecule has 1 aliphatic carbocycles. The van der Waals surface area contributed by atoms with Crippen LogP contribution in [0.15, 0.2) is 43.1 Å². The van der Waals surface area contributed by atoms with Crippen molar-refractivity contribution in [3.05, 3.63) is 65.6 Å². The summed E-state index contributed by atoms with van der Waals surface area (Å²) in [5.41, 5.74) is 4.00. The monoisotopic (exact) mass is 388 g/mol. The number of aromatic nitrogens is 4. The lowest BCUT2D eigenvalue weighted by atomic mass is 10.1. The molecular weight excluding hydrogens is 368 g/mol. The van der Waals surface area contributed by atoms with Gasteiger partial charge in [0.15, 0.2) is 11.5 Å². The van der Waals surface area contributed by atoms with Gasteiger partial charge in [-0.05, 0) is 30.0 Å². The van der Waals surface area contributed by atoms with Gasteiger partial charge in [0.1, 0.15) is 12.1 Å². The van der Waals surface area contributed by atoms with Crippen molar-refractivity contribution >= 4 is 17.4 Å². The largest absolute Gasteiger partial charge is 0.493 e. The average molecular weight is 388 g/mol. The molecular formula is C21H20N6O2. The fourth-order valence-corrected chi connectivity index (χ4v) is 3.34. The van der Waals surface area contributed by atoms with Crippen molar-refractivity contribution in [2.45, 2.75) is 31.7 Å². The van der Waals surface area contributed by atoms with Crippen LogP contribution in [0.1, 0.15) is 46.1 Å². The van der Waals surface area contributed by atoms with Crippen molar-refractivity contribution in [2.24, 2.45) is 0 Å². The van der Waals surface area contributed by atoms with E-state index >= 15 is 0 Å². The topological polar surface area (TPSA) is 102 Å².